The minimum absolute atomic E-state index is 0.0422. The molecule has 1 aromatic heterocycles. The molecule has 0 saturated heterocycles. The van der Waals surface area contributed by atoms with Gasteiger partial charge in [0.15, 0.2) is 0 Å². The number of carbonyl (C=O) groups is 1. The van der Waals surface area contributed by atoms with Gasteiger partial charge in [-0.25, -0.2) is 4.39 Å². The van der Waals surface area contributed by atoms with Crippen LogP contribution in [0.5, 0.6) is 0 Å². The highest BCUT2D eigenvalue weighted by atomic mass is 19.1. The molecule has 0 fully saturated rings. The topological polar surface area (TPSA) is 96.7 Å². The number of rotatable bonds is 3. The molecule has 0 radical (unpaired) electrons. The smallest absolute Gasteiger partial charge is 0.246 e. The molecule has 0 saturated carbocycles. The van der Waals surface area contributed by atoms with Crippen molar-refractivity contribution in [2.75, 3.05) is 11.1 Å². The fourth-order valence-electron chi connectivity index (χ4n) is 1.52. The van der Waals surface area contributed by atoms with Crippen molar-refractivity contribution in [2.24, 2.45) is 0 Å². The SMILES string of the molecule is N#Cc1cc(F)ccc1NC(=O)Cn1cc(N)cn1. The first-order valence-electron chi connectivity index (χ1n) is 5.36. The van der Waals surface area contributed by atoms with Crippen molar-refractivity contribution in [2.45, 2.75) is 6.54 Å². The molecule has 7 heteroatoms. The van der Waals surface area contributed by atoms with Gasteiger partial charge in [0.25, 0.3) is 0 Å². The number of aromatic nitrogens is 2. The first kappa shape index (κ1) is 12.6. The number of anilines is 2. The monoisotopic (exact) mass is 259 g/mol. The van der Waals surface area contributed by atoms with Gasteiger partial charge in [0.05, 0.1) is 23.1 Å². The summed E-state index contributed by atoms with van der Waals surface area (Å²) in [6, 6.07) is 5.38. The first-order valence-corrected chi connectivity index (χ1v) is 5.36. The number of nitrogens with two attached hydrogens (primary N) is 1. The van der Waals surface area contributed by atoms with Gasteiger partial charge in [-0.3, -0.25) is 9.48 Å². The Morgan fingerprint density at radius 3 is 3.00 bits per heavy atom. The van der Waals surface area contributed by atoms with Crippen molar-refractivity contribution in [1.82, 2.24) is 9.78 Å². The zero-order valence-electron chi connectivity index (χ0n) is 9.80. The van der Waals surface area contributed by atoms with Gasteiger partial charge in [0, 0.05) is 6.20 Å². The number of nitrogens with one attached hydrogen (secondary N) is 1. The van der Waals surface area contributed by atoms with Crippen LogP contribution in [0.4, 0.5) is 15.8 Å². The second kappa shape index (κ2) is 5.18. The van der Waals surface area contributed by atoms with Crippen LogP contribution >= 0.6 is 0 Å². The molecule has 3 N–H and O–H groups in total. The van der Waals surface area contributed by atoms with Crippen molar-refractivity contribution in [3.05, 3.63) is 42.0 Å². The number of benzene rings is 1. The van der Waals surface area contributed by atoms with E-state index in [0.29, 0.717) is 5.69 Å². The Labute approximate surface area is 108 Å². The molecule has 0 atom stereocenters. The quantitative estimate of drug-likeness (QED) is 0.862. The molecule has 1 heterocycles. The van der Waals surface area contributed by atoms with Gasteiger partial charge < -0.3 is 11.1 Å². The molecule has 2 rings (SSSR count). The summed E-state index contributed by atoms with van der Waals surface area (Å²) in [7, 11) is 0. The maximum absolute atomic E-state index is 12.9. The highest BCUT2D eigenvalue weighted by Crippen LogP contribution is 2.15. The van der Waals surface area contributed by atoms with Gasteiger partial charge in [-0.1, -0.05) is 0 Å². The minimum atomic E-state index is -0.533. The lowest BCUT2D eigenvalue weighted by Gasteiger charge is -2.07. The maximum Gasteiger partial charge on any atom is 0.246 e. The van der Waals surface area contributed by atoms with E-state index in [1.807, 2.05) is 6.07 Å². The molecule has 2 aromatic rings. The maximum atomic E-state index is 12.9. The van der Waals surface area contributed by atoms with Crippen LogP contribution in [0.2, 0.25) is 0 Å². The average molecular weight is 259 g/mol. The molecule has 0 aliphatic rings. The molecule has 0 spiro atoms. The Morgan fingerprint density at radius 2 is 2.37 bits per heavy atom. The second-order valence-corrected chi connectivity index (χ2v) is 3.82. The molecular formula is C12H10FN5O. The summed E-state index contributed by atoms with van der Waals surface area (Å²) in [5.74, 6) is -0.916. The van der Waals surface area contributed by atoms with Crippen molar-refractivity contribution in [3.63, 3.8) is 0 Å². The largest absolute Gasteiger partial charge is 0.396 e. The van der Waals surface area contributed by atoms with Crippen LogP contribution in [0.1, 0.15) is 5.56 Å². The number of halogens is 1. The molecule has 96 valence electrons. The van der Waals surface area contributed by atoms with E-state index in [2.05, 4.69) is 10.4 Å². The number of hydrogen-bond donors (Lipinski definition) is 2. The minimum Gasteiger partial charge on any atom is -0.396 e. The fourth-order valence-corrected chi connectivity index (χ4v) is 1.52. The van der Waals surface area contributed by atoms with Gasteiger partial charge in [-0.15, -0.1) is 0 Å². The number of nitriles is 1. The third kappa shape index (κ3) is 3.07. The zero-order valence-corrected chi connectivity index (χ0v) is 9.80. The fraction of sp³-hybridized carbons (Fsp3) is 0.0833. The summed E-state index contributed by atoms with van der Waals surface area (Å²) < 4.78 is 14.3. The summed E-state index contributed by atoms with van der Waals surface area (Å²) in [6.45, 7) is -0.0422. The predicted molar refractivity (Wildman–Crippen MR) is 66.4 cm³/mol. The third-order valence-electron chi connectivity index (χ3n) is 2.33. The highest BCUT2D eigenvalue weighted by molar-refractivity contribution is 5.91. The first-order chi connectivity index (χ1) is 9.08. The second-order valence-electron chi connectivity index (χ2n) is 3.82. The summed E-state index contributed by atoms with van der Waals surface area (Å²) in [4.78, 5) is 11.7. The average Bonchev–Trinajstić information content (AvgIpc) is 2.76. The van der Waals surface area contributed by atoms with Crippen molar-refractivity contribution in [1.29, 1.82) is 5.26 Å². The molecule has 0 aliphatic carbocycles. The summed E-state index contributed by atoms with van der Waals surface area (Å²) >= 11 is 0. The van der Waals surface area contributed by atoms with E-state index in [1.165, 1.54) is 29.2 Å². The van der Waals surface area contributed by atoms with Crippen LogP contribution in [0.25, 0.3) is 0 Å². The summed E-state index contributed by atoms with van der Waals surface area (Å²) in [6.07, 6.45) is 2.93. The molecule has 0 unspecified atom stereocenters. The predicted octanol–water partition coefficient (Wildman–Crippen LogP) is 1.11. The Hall–Kier alpha value is -2.88. The molecule has 1 amide bonds. The third-order valence-corrected chi connectivity index (χ3v) is 2.33. The van der Waals surface area contributed by atoms with Gasteiger partial charge in [0.2, 0.25) is 5.91 Å². The molecule has 1 aromatic carbocycles. The van der Waals surface area contributed by atoms with E-state index in [9.17, 15) is 9.18 Å². The number of hydrogen-bond acceptors (Lipinski definition) is 4. The lowest BCUT2D eigenvalue weighted by molar-refractivity contribution is -0.116. The van der Waals surface area contributed by atoms with E-state index in [1.54, 1.807) is 0 Å². The number of nitrogen functional groups attached to an aromatic ring is 1. The Balaban J connectivity index is 2.09. The molecule has 6 nitrogen and oxygen atoms in total. The molecule has 19 heavy (non-hydrogen) atoms. The van der Waals surface area contributed by atoms with Crippen LogP contribution in [0.15, 0.2) is 30.6 Å². The van der Waals surface area contributed by atoms with E-state index in [-0.39, 0.29) is 23.7 Å². The van der Waals surface area contributed by atoms with E-state index in [4.69, 9.17) is 11.0 Å². The van der Waals surface area contributed by atoms with Crippen LogP contribution < -0.4 is 11.1 Å². The number of nitrogens with zero attached hydrogens (tertiary/aromatic N) is 3. The van der Waals surface area contributed by atoms with Gasteiger partial charge in [0.1, 0.15) is 18.4 Å². The Kier molecular flexibility index (Phi) is 3.43. The highest BCUT2D eigenvalue weighted by Gasteiger charge is 2.09. The molecule has 0 aliphatic heterocycles. The van der Waals surface area contributed by atoms with Gasteiger partial charge in [-0.2, -0.15) is 10.4 Å². The number of amides is 1. The summed E-state index contributed by atoms with van der Waals surface area (Å²) in [5, 5.41) is 15.2. The lowest BCUT2D eigenvalue weighted by atomic mass is 10.2. The molecule has 0 bridgehead atoms. The van der Waals surface area contributed by atoms with Crippen LogP contribution in [0, 0.1) is 17.1 Å². The van der Waals surface area contributed by atoms with Crippen LogP contribution in [0.3, 0.4) is 0 Å². The number of carbonyl (C=O) groups excluding carboxylic acids is 1. The van der Waals surface area contributed by atoms with Crippen LogP contribution in [-0.2, 0) is 11.3 Å². The van der Waals surface area contributed by atoms with Crippen molar-refractivity contribution >= 4 is 17.3 Å². The van der Waals surface area contributed by atoms with E-state index in [0.717, 1.165) is 6.07 Å². The van der Waals surface area contributed by atoms with Gasteiger partial charge in [-0.05, 0) is 18.2 Å². The van der Waals surface area contributed by atoms with E-state index >= 15 is 0 Å². The normalized spacial score (nSPS) is 9.89. The van der Waals surface area contributed by atoms with Gasteiger partial charge >= 0.3 is 0 Å². The Bertz CT molecular complexity index is 658. The van der Waals surface area contributed by atoms with Crippen molar-refractivity contribution in [3.8, 4) is 6.07 Å². The lowest BCUT2D eigenvalue weighted by Crippen LogP contribution is -2.19. The van der Waals surface area contributed by atoms with Crippen LogP contribution in [-0.4, -0.2) is 15.7 Å². The zero-order chi connectivity index (χ0) is 13.8. The van der Waals surface area contributed by atoms with E-state index < -0.39 is 5.82 Å². The van der Waals surface area contributed by atoms with Crippen molar-refractivity contribution < 1.29 is 9.18 Å². The Morgan fingerprint density at radius 1 is 1.58 bits per heavy atom. The summed E-state index contributed by atoms with van der Waals surface area (Å²) in [5.41, 5.74) is 6.24. The molecular weight excluding hydrogens is 249 g/mol. The standard InChI is InChI=1S/C12H10FN5O/c13-9-1-2-11(8(3-9)4-14)17-12(19)7-18-6-10(15)5-16-18/h1-3,5-6H,7,15H2,(H,17,19).